The molecule has 0 unspecified atom stereocenters. The van der Waals surface area contributed by atoms with Crippen LogP contribution >= 0.6 is 11.6 Å². The minimum Gasteiger partial charge on any atom is -0.496 e. The zero-order chi connectivity index (χ0) is 22.4. The van der Waals surface area contributed by atoms with Gasteiger partial charge in [0.2, 0.25) is 0 Å². The number of anilines is 1. The normalized spacial score (nSPS) is 10.2. The number of rotatable bonds is 5. The second-order valence-electron chi connectivity index (χ2n) is 6.66. The van der Waals surface area contributed by atoms with Crippen LogP contribution in [0.15, 0.2) is 66.7 Å². The van der Waals surface area contributed by atoms with Gasteiger partial charge in [-0.2, -0.15) is 0 Å². The summed E-state index contributed by atoms with van der Waals surface area (Å²) in [5, 5.41) is 3.11. The van der Waals surface area contributed by atoms with Crippen molar-refractivity contribution in [3.63, 3.8) is 0 Å². The van der Waals surface area contributed by atoms with Gasteiger partial charge in [-0.1, -0.05) is 35.4 Å². The number of halogens is 1. The smallest absolute Gasteiger partial charge is 0.273 e. The minimum absolute atomic E-state index is 0.175. The highest BCUT2D eigenvalue weighted by molar-refractivity contribution is 6.31. The largest absolute Gasteiger partial charge is 0.496 e. The SMILES string of the molecule is COc1ccc(Cl)cc1C(=O)NNC(=O)c1cccc(NC(=O)c2cccc(C)c2)c1. The third-order valence-electron chi connectivity index (χ3n) is 4.36. The summed E-state index contributed by atoms with van der Waals surface area (Å²) in [5.74, 6) is -1.11. The van der Waals surface area contributed by atoms with E-state index < -0.39 is 11.8 Å². The summed E-state index contributed by atoms with van der Waals surface area (Å²) in [7, 11) is 1.43. The topological polar surface area (TPSA) is 96.5 Å². The number of ether oxygens (including phenoxy) is 1. The van der Waals surface area contributed by atoms with Crippen LogP contribution in [0.3, 0.4) is 0 Å². The van der Waals surface area contributed by atoms with Crippen LogP contribution in [0, 0.1) is 6.92 Å². The summed E-state index contributed by atoms with van der Waals surface area (Å²) in [6.07, 6.45) is 0. The van der Waals surface area contributed by atoms with E-state index in [9.17, 15) is 14.4 Å². The van der Waals surface area contributed by atoms with E-state index >= 15 is 0 Å². The zero-order valence-corrected chi connectivity index (χ0v) is 17.6. The van der Waals surface area contributed by atoms with E-state index in [-0.39, 0.29) is 17.0 Å². The molecular weight excluding hydrogens is 418 g/mol. The van der Waals surface area contributed by atoms with Gasteiger partial charge in [0.05, 0.1) is 12.7 Å². The maximum absolute atomic E-state index is 12.5. The lowest BCUT2D eigenvalue weighted by Gasteiger charge is -2.11. The zero-order valence-electron chi connectivity index (χ0n) is 16.9. The van der Waals surface area contributed by atoms with Crippen LogP contribution in [0.4, 0.5) is 5.69 Å². The van der Waals surface area contributed by atoms with Crippen LogP contribution in [-0.4, -0.2) is 24.8 Å². The Balaban J connectivity index is 1.66. The predicted octanol–water partition coefficient (Wildman–Crippen LogP) is 3.98. The molecule has 3 aromatic carbocycles. The number of benzene rings is 3. The van der Waals surface area contributed by atoms with E-state index in [4.69, 9.17) is 16.3 Å². The molecule has 7 nitrogen and oxygen atoms in total. The average Bonchev–Trinajstić information content (AvgIpc) is 2.77. The van der Waals surface area contributed by atoms with Crippen LogP contribution in [0.2, 0.25) is 5.02 Å². The molecular formula is C23H20ClN3O4. The Morgan fingerprint density at radius 2 is 1.48 bits per heavy atom. The van der Waals surface area contributed by atoms with Crippen molar-refractivity contribution in [2.75, 3.05) is 12.4 Å². The summed E-state index contributed by atoms with van der Waals surface area (Å²) < 4.78 is 5.14. The van der Waals surface area contributed by atoms with Crippen LogP contribution in [0.25, 0.3) is 0 Å². The van der Waals surface area contributed by atoms with E-state index in [1.807, 2.05) is 13.0 Å². The Hall–Kier alpha value is -3.84. The Labute approximate surface area is 184 Å². The molecule has 3 rings (SSSR count). The summed E-state index contributed by atoms with van der Waals surface area (Å²) in [5.41, 5.74) is 7.01. The highest BCUT2D eigenvalue weighted by Gasteiger charge is 2.15. The molecule has 0 aliphatic carbocycles. The molecule has 0 saturated heterocycles. The number of hydrazine groups is 1. The first-order valence-electron chi connectivity index (χ1n) is 9.29. The Bertz CT molecular complexity index is 1150. The number of amides is 3. The molecule has 3 amide bonds. The molecule has 0 heterocycles. The third kappa shape index (κ3) is 5.61. The van der Waals surface area contributed by atoms with Gasteiger partial charge in [-0.05, 0) is 55.5 Å². The first-order chi connectivity index (χ1) is 14.9. The number of hydrogen-bond acceptors (Lipinski definition) is 4. The van der Waals surface area contributed by atoms with E-state index in [2.05, 4.69) is 16.2 Å². The standard InChI is InChI=1S/C23H20ClN3O4/c1-14-5-3-6-15(11-14)21(28)25-18-8-4-7-16(12-18)22(29)26-27-23(30)19-13-17(24)9-10-20(19)31-2/h3-13H,1-2H3,(H,25,28)(H,26,29)(H,27,30). The molecule has 0 aromatic heterocycles. The van der Waals surface area contributed by atoms with Crippen LogP contribution < -0.4 is 20.9 Å². The van der Waals surface area contributed by atoms with Gasteiger partial charge in [-0.25, -0.2) is 0 Å². The number of hydrogen-bond donors (Lipinski definition) is 3. The molecule has 31 heavy (non-hydrogen) atoms. The molecule has 8 heteroatoms. The summed E-state index contributed by atoms with van der Waals surface area (Å²) in [6, 6.07) is 18.1. The average molecular weight is 438 g/mol. The Kier molecular flexibility index (Phi) is 6.89. The van der Waals surface area contributed by atoms with Gasteiger partial charge >= 0.3 is 0 Å². The quantitative estimate of drug-likeness (QED) is 0.526. The fourth-order valence-corrected chi connectivity index (χ4v) is 3.01. The maximum atomic E-state index is 12.5. The number of carbonyl (C=O) groups is 3. The van der Waals surface area contributed by atoms with E-state index in [1.54, 1.807) is 48.5 Å². The molecule has 0 aliphatic rings. The van der Waals surface area contributed by atoms with Crippen molar-refractivity contribution in [1.82, 2.24) is 10.9 Å². The van der Waals surface area contributed by atoms with E-state index in [0.717, 1.165) is 5.56 Å². The predicted molar refractivity (Wildman–Crippen MR) is 119 cm³/mol. The monoisotopic (exact) mass is 437 g/mol. The van der Waals surface area contributed by atoms with E-state index in [1.165, 1.54) is 19.2 Å². The van der Waals surface area contributed by atoms with Gasteiger partial charge in [0.25, 0.3) is 17.7 Å². The first-order valence-corrected chi connectivity index (χ1v) is 9.67. The Morgan fingerprint density at radius 3 is 2.19 bits per heavy atom. The van der Waals surface area contributed by atoms with Gasteiger partial charge < -0.3 is 10.1 Å². The van der Waals surface area contributed by atoms with Gasteiger partial charge in [0.1, 0.15) is 5.75 Å². The van der Waals surface area contributed by atoms with Crippen molar-refractivity contribution < 1.29 is 19.1 Å². The lowest BCUT2D eigenvalue weighted by atomic mass is 10.1. The van der Waals surface area contributed by atoms with Crippen molar-refractivity contribution in [2.45, 2.75) is 6.92 Å². The van der Waals surface area contributed by atoms with E-state index in [0.29, 0.717) is 22.0 Å². The van der Waals surface area contributed by atoms with Crippen molar-refractivity contribution in [1.29, 1.82) is 0 Å². The maximum Gasteiger partial charge on any atom is 0.273 e. The van der Waals surface area contributed by atoms with Gasteiger partial charge in [0.15, 0.2) is 0 Å². The molecule has 0 atom stereocenters. The lowest BCUT2D eigenvalue weighted by molar-refractivity contribution is 0.0845. The molecule has 0 spiro atoms. The van der Waals surface area contributed by atoms with Gasteiger partial charge in [-0.3, -0.25) is 25.2 Å². The number of carbonyl (C=O) groups excluding carboxylic acids is 3. The molecule has 3 aromatic rings. The second kappa shape index (κ2) is 9.77. The molecule has 0 saturated carbocycles. The molecule has 0 aliphatic heterocycles. The highest BCUT2D eigenvalue weighted by atomic mass is 35.5. The van der Waals surface area contributed by atoms with Crippen LogP contribution in [0.5, 0.6) is 5.75 Å². The van der Waals surface area contributed by atoms with Crippen LogP contribution in [0.1, 0.15) is 36.6 Å². The Morgan fingerprint density at radius 1 is 0.806 bits per heavy atom. The fourth-order valence-electron chi connectivity index (χ4n) is 2.84. The number of methoxy groups -OCH3 is 1. The molecule has 158 valence electrons. The highest BCUT2D eigenvalue weighted by Crippen LogP contribution is 2.22. The fraction of sp³-hybridized carbons (Fsp3) is 0.0870. The number of aryl methyl sites for hydroxylation is 1. The number of nitrogens with one attached hydrogen (secondary N) is 3. The third-order valence-corrected chi connectivity index (χ3v) is 4.59. The van der Waals surface area contributed by atoms with Crippen molar-refractivity contribution in [2.24, 2.45) is 0 Å². The molecule has 0 bridgehead atoms. The van der Waals surface area contributed by atoms with Gasteiger partial charge in [-0.15, -0.1) is 0 Å². The second-order valence-corrected chi connectivity index (χ2v) is 7.09. The van der Waals surface area contributed by atoms with Crippen molar-refractivity contribution in [3.05, 3.63) is 94.0 Å². The van der Waals surface area contributed by atoms with Crippen LogP contribution in [-0.2, 0) is 0 Å². The molecule has 0 fully saturated rings. The van der Waals surface area contributed by atoms with Crippen molar-refractivity contribution >= 4 is 35.0 Å². The summed E-state index contributed by atoms with van der Waals surface area (Å²) in [4.78, 5) is 37.3. The molecule has 3 N–H and O–H groups in total. The summed E-state index contributed by atoms with van der Waals surface area (Å²) >= 11 is 5.93. The minimum atomic E-state index is -0.586. The molecule has 0 radical (unpaired) electrons. The first kappa shape index (κ1) is 21.9. The van der Waals surface area contributed by atoms with Crippen molar-refractivity contribution in [3.8, 4) is 5.75 Å². The summed E-state index contributed by atoms with van der Waals surface area (Å²) in [6.45, 7) is 1.90. The lowest BCUT2D eigenvalue weighted by Crippen LogP contribution is -2.41. The van der Waals surface area contributed by atoms with Gasteiger partial charge in [0, 0.05) is 21.8 Å².